The number of hydrogen-bond donors (Lipinski definition) is 1. The number of fused-ring (bicyclic) bond motifs is 1. The number of methoxy groups -OCH3 is 1. The Balaban J connectivity index is 1.79. The van der Waals surface area contributed by atoms with Crippen LogP contribution in [-0.2, 0) is 7.05 Å². The van der Waals surface area contributed by atoms with Gasteiger partial charge in [-0.25, -0.2) is 4.98 Å². The summed E-state index contributed by atoms with van der Waals surface area (Å²) < 4.78 is 7.05. The molecule has 2 N–H and O–H groups in total. The van der Waals surface area contributed by atoms with Gasteiger partial charge in [-0.3, -0.25) is 9.58 Å². The van der Waals surface area contributed by atoms with Gasteiger partial charge in [0.25, 0.3) is 0 Å². The lowest BCUT2D eigenvalue weighted by Gasteiger charge is -2.36. The number of benzene rings is 1. The second-order valence-corrected chi connectivity index (χ2v) is 7.43. The number of piperazine rings is 1. The van der Waals surface area contributed by atoms with E-state index in [1.54, 1.807) is 11.8 Å². The number of rotatable bonds is 4. The predicted octanol–water partition coefficient (Wildman–Crippen LogP) is 2.15. The third kappa shape index (κ3) is 3.24. The average Bonchev–Trinajstić information content (AvgIpc) is 3.01. The summed E-state index contributed by atoms with van der Waals surface area (Å²) in [5, 5.41) is 5.29. The summed E-state index contributed by atoms with van der Waals surface area (Å²) in [5.41, 5.74) is 8.64. The topological polar surface area (TPSA) is 85.3 Å². The normalized spacial score (nSPS) is 15.5. The van der Waals surface area contributed by atoms with Crippen molar-refractivity contribution in [1.82, 2.24) is 24.6 Å². The lowest BCUT2D eigenvalue weighted by Crippen LogP contribution is -2.49. The number of nitrogen functional groups attached to an aromatic ring is 1. The van der Waals surface area contributed by atoms with E-state index < -0.39 is 0 Å². The highest BCUT2D eigenvalue weighted by Gasteiger charge is 2.24. The summed E-state index contributed by atoms with van der Waals surface area (Å²) in [6.07, 6.45) is 0. The fourth-order valence-corrected chi connectivity index (χ4v) is 3.66. The molecular formula is C20H27N7O. The number of nitrogens with two attached hydrogens (primary N) is 1. The summed E-state index contributed by atoms with van der Waals surface area (Å²) >= 11 is 0. The van der Waals surface area contributed by atoms with Crippen LogP contribution in [0.2, 0.25) is 0 Å². The van der Waals surface area contributed by atoms with Crippen molar-refractivity contribution >= 4 is 22.8 Å². The van der Waals surface area contributed by atoms with Crippen LogP contribution in [0.25, 0.3) is 22.3 Å². The predicted molar refractivity (Wildman–Crippen MR) is 112 cm³/mol. The molecule has 1 fully saturated rings. The standard InChI is InChI=1S/C20H27N7O/c1-13(2)26-8-10-27(11-9-26)20-22-17(14-6-5-7-15(12-14)28-4)16-18(21)25(3)24-19(16)23-20/h5-7,12-13H,8-11,21H2,1-4H3. The highest BCUT2D eigenvalue weighted by molar-refractivity contribution is 5.99. The molecule has 1 saturated heterocycles. The van der Waals surface area contributed by atoms with Gasteiger partial charge in [-0.05, 0) is 26.0 Å². The van der Waals surface area contributed by atoms with E-state index in [4.69, 9.17) is 20.4 Å². The van der Waals surface area contributed by atoms with Crippen molar-refractivity contribution in [3.8, 4) is 17.0 Å². The molecule has 0 bridgehead atoms. The summed E-state index contributed by atoms with van der Waals surface area (Å²) in [4.78, 5) is 14.4. The Morgan fingerprint density at radius 3 is 2.54 bits per heavy atom. The van der Waals surface area contributed by atoms with Gasteiger partial charge < -0.3 is 15.4 Å². The highest BCUT2D eigenvalue weighted by atomic mass is 16.5. The summed E-state index contributed by atoms with van der Waals surface area (Å²) in [6.45, 7) is 8.24. The molecule has 0 saturated carbocycles. The van der Waals surface area contributed by atoms with Crippen molar-refractivity contribution in [3.05, 3.63) is 24.3 Å². The van der Waals surface area contributed by atoms with Gasteiger partial charge in [0.2, 0.25) is 5.95 Å². The lowest BCUT2D eigenvalue weighted by molar-refractivity contribution is 0.208. The minimum absolute atomic E-state index is 0.550. The molecule has 0 unspecified atom stereocenters. The molecule has 0 atom stereocenters. The molecule has 8 nitrogen and oxygen atoms in total. The molecule has 1 aliphatic rings. The molecule has 1 aliphatic heterocycles. The second kappa shape index (κ2) is 7.27. The van der Waals surface area contributed by atoms with Gasteiger partial charge in [0.15, 0.2) is 5.65 Å². The first kappa shape index (κ1) is 18.5. The zero-order valence-corrected chi connectivity index (χ0v) is 16.9. The number of ether oxygens (including phenoxy) is 1. The SMILES string of the molecule is COc1cccc(-c2nc(N3CCN(C(C)C)CC3)nc3nn(C)c(N)c23)c1. The molecule has 3 aromatic rings. The third-order valence-electron chi connectivity index (χ3n) is 5.40. The summed E-state index contributed by atoms with van der Waals surface area (Å²) in [7, 11) is 3.49. The van der Waals surface area contributed by atoms with Crippen LogP contribution in [0.4, 0.5) is 11.8 Å². The monoisotopic (exact) mass is 381 g/mol. The molecule has 2 aromatic heterocycles. The Morgan fingerprint density at radius 1 is 1.11 bits per heavy atom. The van der Waals surface area contributed by atoms with Crippen LogP contribution in [0.5, 0.6) is 5.75 Å². The van der Waals surface area contributed by atoms with Gasteiger partial charge in [0.05, 0.1) is 18.2 Å². The Bertz CT molecular complexity index is 990. The summed E-state index contributed by atoms with van der Waals surface area (Å²) in [6, 6.07) is 8.40. The van der Waals surface area contributed by atoms with Crippen LogP contribution < -0.4 is 15.4 Å². The van der Waals surface area contributed by atoms with Gasteiger partial charge >= 0.3 is 0 Å². The Kier molecular flexibility index (Phi) is 4.80. The first-order valence-corrected chi connectivity index (χ1v) is 9.61. The Labute approximate surface area is 164 Å². The molecular weight excluding hydrogens is 354 g/mol. The first-order valence-electron chi connectivity index (χ1n) is 9.61. The Morgan fingerprint density at radius 2 is 1.86 bits per heavy atom. The van der Waals surface area contributed by atoms with E-state index in [-0.39, 0.29) is 0 Å². The highest BCUT2D eigenvalue weighted by Crippen LogP contribution is 2.33. The van der Waals surface area contributed by atoms with E-state index in [9.17, 15) is 0 Å². The van der Waals surface area contributed by atoms with Crippen molar-refractivity contribution in [2.24, 2.45) is 7.05 Å². The molecule has 148 valence electrons. The molecule has 0 radical (unpaired) electrons. The zero-order valence-electron chi connectivity index (χ0n) is 16.9. The number of aryl methyl sites for hydroxylation is 1. The maximum Gasteiger partial charge on any atom is 0.228 e. The van der Waals surface area contributed by atoms with Gasteiger partial charge in [0, 0.05) is 44.8 Å². The fourth-order valence-electron chi connectivity index (χ4n) is 3.66. The van der Waals surface area contributed by atoms with Crippen LogP contribution in [-0.4, -0.2) is 64.0 Å². The van der Waals surface area contributed by atoms with Crippen LogP contribution in [0.15, 0.2) is 24.3 Å². The van der Waals surface area contributed by atoms with E-state index in [0.717, 1.165) is 48.6 Å². The molecule has 0 spiro atoms. The molecule has 4 rings (SSSR count). The van der Waals surface area contributed by atoms with Crippen molar-refractivity contribution < 1.29 is 4.74 Å². The van der Waals surface area contributed by atoms with Crippen LogP contribution in [0.3, 0.4) is 0 Å². The molecule has 3 heterocycles. The minimum Gasteiger partial charge on any atom is -0.497 e. The van der Waals surface area contributed by atoms with Crippen molar-refractivity contribution in [3.63, 3.8) is 0 Å². The van der Waals surface area contributed by atoms with E-state index in [1.807, 2.05) is 31.3 Å². The first-order chi connectivity index (χ1) is 13.5. The number of hydrogen-bond acceptors (Lipinski definition) is 7. The van der Waals surface area contributed by atoms with Gasteiger partial charge in [-0.15, -0.1) is 0 Å². The average molecular weight is 381 g/mol. The molecule has 0 amide bonds. The Hall–Kier alpha value is -2.87. The minimum atomic E-state index is 0.550. The number of anilines is 2. The van der Waals surface area contributed by atoms with E-state index >= 15 is 0 Å². The largest absolute Gasteiger partial charge is 0.497 e. The van der Waals surface area contributed by atoms with Crippen LogP contribution in [0, 0.1) is 0 Å². The third-order valence-corrected chi connectivity index (χ3v) is 5.40. The van der Waals surface area contributed by atoms with E-state index in [1.165, 1.54) is 0 Å². The second-order valence-electron chi connectivity index (χ2n) is 7.43. The maximum absolute atomic E-state index is 6.30. The van der Waals surface area contributed by atoms with Gasteiger partial charge in [-0.1, -0.05) is 12.1 Å². The lowest BCUT2D eigenvalue weighted by atomic mass is 10.1. The zero-order chi connectivity index (χ0) is 19.8. The van der Waals surface area contributed by atoms with E-state index in [0.29, 0.717) is 23.5 Å². The van der Waals surface area contributed by atoms with Crippen LogP contribution in [0.1, 0.15) is 13.8 Å². The van der Waals surface area contributed by atoms with Gasteiger partial charge in [0.1, 0.15) is 11.6 Å². The van der Waals surface area contributed by atoms with Crippen LogP contribution >= 0.6 is 0 Å². The van der Waals surface area contributed by atoms with Crippen molar-refractivity contribution in [2.45, 2.75) is 19.9 Å². The fraction of sp³-hybridized carbons (Fsp3) is 0.450. The molecule has 8 heteroatoms. The van der Waals surface area contributed by atoms with Crippen molar-refractivity contribution in [2.75, 3.05) is 43.9 Å². The maximum atomic E-state index is 6.30. The molecule has 1 aromatic carbocycles. The molecule has 28 heavy (non-hydrogen) atoms. The number of aromatic nitrogens is 4. The van der Waals surface area contributed by atoms with Crippen molar-refractivity contribution in [1.29, 1.82) is 0 Å². The van der Waals surface area contributed by atoms with Gasteiger partial charge in [-0.2, -0.15) is 10.1 Å². The quantitative estimate of drug-likeness (QED) is 0.741. The number of nitrogens with zero attached hydrogens (tertiary/aromatic N) is 6. The van der Waals surface area contributed by atoms with E-state index in [2.05, 4.69) is 28.7 Å². The molecule has 0 aliphatic carbocycles. The summed E-state index contributed by atoms with van der Waals surface area (Å²) in [5.74, 6) is 2.04. The smallest absolute Gasteiger partial charge is 0.228 e.